The zero-order chi connectivity index (χ0) is 17.3. The van der Waals surface area contributed by atoms with Crippen LogP contribution in [0.15, 0.2) is 60.3 Å². The minimum Gasteiger partial charge on any atom is -0.497 e. The minimum atomic E-state index is 0.00257. The Morgan fingerprint density at radius 2 is 1.71 bits per heavy atom. The number of benzene rings is 2. The van der Waals surface area contributed by atoms with Crippen LogP contribution in [0.4, 0.5) is 11.4 Å². The molecule has 0 saturated heterocycles. The Labute approximate surface area is 144 Å². The van der Waals surface area contributed by atoms with Crippen LogP contribution in [0.5, 0.6) is 5.75 Å². The van der Waals surface area contributed by atoms with E-state index in [1.54, 1.807) is 7.11 Å². The Morgan fingerprint density at radius 3 is 2.33 bits per heavy atom. The summed E-state index contributed by atoms with van der Waals surface area (Å²) < 4.78 is 7.34. The second kappa shape index (κ2) is 6.16. The highest BCUT2D eigenvalue weighted by atomic mass is 16.5. The van der Waals surface area contributed by atoms with Gasteiger partial charge in [0.2, 0.25) is 5.69 Å². The molecule has 0 fully saturated rings. The van der Waals surface area contributed by atoms with Gasteiger partial charge in [0.1, 0.15) is 12.8 Å². The van der Waals surface area contributed by atoms with Crippen molar-refractivity contribution in [2.24, 2.45) is 0 Å². The molecular weight excluding hydrogens is 296 g/mol. The van der Waals surface area contributed by atoms with Gasteiger partial charge in [0.05, 0.1) is 7.11 Å². The summed E-state index contributed by atoms with van der Waals surface area (Å²) in [5.74, 6) is 0.873. The molecule has 0 N–H and O–H groups in total. The van der Waals surface area contributed by atoms with E-state index in [0.29, 0.717) is 0 Å². The number of rotatable bonds is 3. The molecule has 1 aliphatic rings. The Kier molecular flexibility index (Phi) is 4.18. The number of likely N-dealkylation sites (N-methyl/N-ethyl adjacent to an activating group) is 1. The van der Waals surface area contributed by atoms with Gasteiger partial charge in [0.25, 0.3) is 0 Å². The van der Waals surface area contributed by atoms with E-state index >= 15 is 0 Å². The fourth-order valence-corrected chi connectivity index (χ4v) is 3.39. The van der Waals surface area contributed by atoms with E-state index in [2.05, 4.69) is 86.1 Å². The molecule has 3 rings (SSSR count). The van der Waals surface area contributed by atoms with E-state index in [1.165, 1.54) is 16.9 Å². The van der Waals surface area contributed by atoms with Crippen molar-refractivity contribution >= 4 is 17.6 Å². The molecule has 0 unspecified atom stereocenters. The van der Waals surface area contributed by atoms with Gasteiger partial charge in [0.15, 0.2) is 6.21 Å². The lowest BCUT2D eigenvalue weighted by Crippen LogP contribution is -2.23. The predicted molar refractivity (Wildman–Crippen MR) is 101 cm³/mol. The predicted octanol–water partition coefficient (Wildman–Crippen LogP) is 4.35. The fraction of sp³-hybridized carbons (Fsp3) is 0.286. The van der Waals surface area contributed by atoms with Gasteiger partial charge in [-0.3, -0.25) is 0 Å². The minimum absolute atomic E-state index is 0.00257. The molecule has 0 spiro atoms. The van der Waals surface area contributed by atoms with Gasteiger partial charge in [-0.1, -0.05) is 32.0 Å². The monoisotopic (exact) mass is 321 g/mol. The van der Waals surface area contributed by atoms with Crippen molar-refractivity contribution in [1.82, 2.24) is 0 Å². The number of anilines is 1. The maximum atomic E-state index is 5.22. The van der Waals surface area contributed by atoms with Gasteiger partial charge < -0.3 is 9.64 Å². The lowest BCUT2D eigenvalue weighted by atomic mass is 9.84. The van der Waals surface area contributed by atoms with Crippen LogP contribution in [-0.2, 0) is 5.41 Å². The maximum Gasteiger partial charge on any atom is 0.205 e. The first kappa shape index (κ1) is 16.3. The molecule has 0 aromatic heterocycles. The number of nitrogens with zero attached hydrogens (tertiary/aromatic N) is 2. The molecule has 0 saturated carbocycles. The zero-order valence-electron chi connectivity index (χ0n) is 15.1. The lowest BCUT2D eigenvalue weighted by molar-refractivity contribution is -0.398. The van der Waals surface area contributed by atoms with Crippen LogP contribution in [0.2, 0.25) is 0 Å². The molecule has 2 aromatic carbocycles. The van der Waals surface area contributed by atoms with Gasteiger partial charge in [-0.15, -0.1) is 0 Å². The molecule has 0 atom stereocenters. The average molecular weight is 321 g/mol. The zero-order valence-corrected chi connectivity index (χ0v) is 15.1. The van der Waals surface area contributed by atoms with E-state index < -0.39 is 0 Å². The van der Waals surface area contributed by atoms with Gasteiger partial charge in [-0.05, 0) is 23.8 Å². The van der Waals surface area contributed by atoms with E-state index in [9.17, 15) is 0 Å². The van der Waals surface area contributed by atoms with Crippen molar-refractivity contribution in [2.75, 3.05) is 26.1 Å². The summed E-state index contributed by atoms with van der Waals surface area (Å²) in [5, 5.41) is 0. The molecule has 124 valence electrons. The summed E-state index contributed by atoms with van der Waals surface area (Å²) in [6, 6.07) is 16.7. The van der Waals surface area contributed by atoms with Crippen molar-refractivity contribution in [3.63, 3.8) is 0 Å². The van der Waals surface area contributed by atoms with Gasteiger partial charge in [0, 0.05) is 42.1 Å². The van der Waals surface area contributed by atoms with Gasteiger partial charge in [-0.2, -0.15) is 0 Å². The van der Waals surface area contributed by atoms with Crippen LogP contribution in [0.3, 0.4) is 0 Å². The average Bonchev–Trinajstić information content (AvgIpc) is 2.80. The van der Waals surface area contributed by atoms with Gasteiger partial charge in [-0.25, -0.2) is 4.58 Å². The Balaban J connectivity index is 1.93. The van der Waals surface area contributed by atoms with Crippen LogP contribution in [0, 0.1) is 0 Å². The third kappa shape index (κ3) is 2.71. The van der Waals surface area contributed by atoms with Crippen LogP contribution >= 0.6 is 0 Å². The lowest BCUT2D eigenvalue weighted by Gasteiger charge is -2.23. The number of fused-ring (bicyclic) bond motifs is 1. The quantitative estimate of drug-likeness (QED) is 0.617. The summed E-state index contributed by atoms with van der Waals surface area (Å²) in [6.45, 7) is 4.56. The van der Waals surface area contributed by atoms with E-state index in [-0.39, 0.29) is 5.41 Å². The summed E-state index contributed by atoms with van der Waals surface area (Å²) in [4.78, 5) is 2.29. The number of allylic oxidation sites excluding steroid dienone is 2. The molecule has 0 radical (unpaired) electrons. The van der Waals surface area contributed by atoms with E-state index in [1.807, 2.05) is 12.1 Å². The second-order valence-corrected chi connectivity index (χ2v) is 6.71. The molecule has 2 aromatic rings. The summed E-state index contributed by atoms with van der Waals surface area (Å²) in [5.41, 5.74) is 5.09. The van der Waals surface area contributed by atoms with Crippen molar-refractivity contribution in [1.29, 1.82) is 0 Å². The first-order valence-corrected chi connectivity index (χ1v) is 8.21. The summed E-state index contributed by atoms with van der Waals surface area (Å²) >= 11 is 0. The van der Waals surface area contributed by atoms with Crippen molar-refractivity contribution in [3.8, 4) is 5.75 Å². The molecule has 3 heteroatoms. The largest absolute Gasteiger partial charge is 0.497 e. The highest BCUT2D eigenvalue weighted by molar-refractivity contribution is 5.77. The molecule has 0 aliphatic carbocycles. The van der Waals surface area contributed by atoms with Crippen molar-refractivity contribution in [2.45, 2.75) is 19.3 Å². The molecular formula is C21H25N2O+. The SMILES string of the molecule is COc1ccc([N+](C)=CC=C2N(C)c3ccccc3C2(C)C)cc1. The third-order valence-electron chi connectivity index (χ3n) is 4.88. The molecule has 0 bridgehead atoms. The molecule has 3 nitrogen and oxygen atoms in total. The smallest absolute Gasteiger partial charge is 0.205 e. The first-order chi connectivity index (χ1) is 11.4. The topological polar surface area (TPSA) is 15.5 Å². The maximum absolute atomic E-state index is 5.22. The number of hydrogen-bond acceptors (Lipinski definition) is 2. The van der Waals surface area contributed by atoms with Crippen LogP contribution in [0.1, 0.15) is 19.4 Å². The summed E-state index contributed by atoms with van der Waals surface area (Å²) in [6.07, 6.45) is 4.34. The Bertz CT molecular complexity index is 801. The Hall–Kier alpha value is -2.55. The molecule has 24 heavy (non-hydrogen) atoms. The second-order valence-electron chi connectivity index (χ2n) is 6.71. The van der Waals surface area contributed by atoms with E-state index in [0.717, 1.165) is 11.4 Å². The fourth-order valence-electron chi connectivity index (χ4n) is 3.39. The van der Waals surface area contributed by atoms with Crippen LogP contribution < -0.4 is 9.64 Å². The highest BCUT2D eigenvalue weighted by Gasteiger charge is 2.38. The van der Waals surface area contributed by atoms with Crippen molar-refractivity contribution in [3.05, 3.63) is 65.9 Å². The molecule has 1 aliphatic heterocycles. The highest BCUT2D eigenvalue weighted by Crippen LogP contribution is 2.46. The molecule has 0 amide bonds. The normalized spacial score (nSPS) is 18.0. The third-order valence-corrected chi connectivity index (χ3v) is 4.88. The number of hydrogen-bond donors (Lipinski definition) is 0. The van der Waals surface area contributed by atoms with Gasteiger partial charge >= 0.3 is 0 Å². The number of methoxy groups -OCH3 is 1. The molecule has 1 heterocycles. The summed E-state index contributed by atoms with van der Waals surface area (Å²) in [7, 11) is 5.89. The Morgan fingerprint density at radius 1 is 1.04 bits per heavy atom. The van der Waals surface area contributed by atoms with Crippen LogP contribution in [0.25, 0.3) is 0 Å². The van der Waals surface area contributed by atoms with Crippen LogP contribution in [-0.4, -0.2) is 32.0 Å². The standard InChI is InChI=1S/C21H25N2O/c1-21(2)18-8-6-7-9-19(18)23(4)20(21)14-15-22(3)16-10-12-17(24-5)13-11-16/h6-15H,1-5H3/q+1. The van der Waals surface area contributed by atoms with E-state index in [4.69, 9.17) is 4.74 Å². The number of ether oxygens (including phenoxy) is 1. The number of para-hydroxylation sites is 1. The van der Waals surface area contributed by atoms with Crippen molar-refractivity contribution < 1.29 is 9.31 Å². The first-order valence-electron chi connectivity index (χ1n) is 8.21.